The van der Waals surface area contributed by atoms with Gasteiger partial charge in [-0.3, -0.25) is 14.4 Å². The summed E-state index contributed by atoms with van der Waals surface area (Å²) in [6, 6.07) is 0. The van der Waals surface area contributed by atoms with Gasteiger partial charge in [0.1, 0.15) is 5.54 Å². The lowest BCUT2D eigenvalue weighted by Gasteiger charge is -2.34. The fourth-order valence-corrected chi connectivity index (χ4v) is 2.33. The first kappa shape index (κ1) is 15.2. The molecule has 5 nitrogen and oxygen atoms in total. The van der Waals surface area contributed by atoms with Gasteiger partial charge in [-0.05, 0) is 43.2 Å². The third-order valence-corrected chi connectivity index (χ3v) is 4.33. The number of hydrogen-bond donors (Lipinski definition) is 1. The van der Waals surface area contributed by atoms with E-state index in [9.17, 15) is 9.90 Å². The minimum Gasteiger partial charge on any atom is -0.480 e. The van der Waals surface area contributed by atoms with Crippen LogP contribution in [0.5, 0.6) is 0 Å². The van der Waals surface area contributed by atoms with E-state index in [0.717, 1.165) is 15.9 Å². The van der Waals surface area contributed by atoms with Gasteiger partial charge in [-0.2, -0.15) is 5.10 Å². The Morgan fingerprint density at radius 1 is 1.56 bits per heavy atom. The zero-order valence-corrected chi connectivity index (χ0v) is 13.1. The zero-order valence-electron chi connectivity index (χ0n) is 11.5. The lowest BCUT2D eigenvalue weighted by atomic mass is 10.0. The number of rotatable bonds is 5. The van der Waals surface area contributed by atoms with Crippen LogP contribution in [0, 0.1) is 6.92 Å². The van der Waals surface area contributed by atoms with Crippen molar-refractivity contribution in [3.05, 3.63) is 15.9 Å². The number of nitrogens with zero attached hydrogens (tertiary/aromatic N) is 3. The molecule has 1 rings (SSSR count). The second kappa shape index (κ2) is 5.40. The van der Waals surface area contributed by atoms with Gasteiger partial charge in [0, 0.05) is 13.6 Å². The van der Waals surface area contributed by atoms with Crippen LogP contribution in [-0.4, -0.2) is 37.8 Å². The molecule has 0 unspecified atom stereocenters. The van der Waals surface area contributed by atoms with Gasteiger partial charge in [-0.25, -0.2) is 0 Å². The first-order chi connectivity index (χ1) is 8.21. The highest BCUT2D eigenvalue weighted by Crippen LogP contribution is 2.25. The molecule has 0 radical (unpaired) electrons. The first-order valence-corrected chi connectivity index (χ1v) is 6.67. The van der Waals surface area contributed by atoms with Gasteiger partial charge < -0.3 is 5.11 Å². The third-order valence-electron chi connectivity index (χ3n) is 3.30. The number of carbonyl (C=O) groups is 1. The van der Waals surface area contributed by atoms with E-state index in [2.05, 4.69) is 21.0 Å². The molecule has 0 aliphatic heterocycles. The lowest BCUT2D eigenvalue weighted by Crippen LogP contribution is -2.49. The highest BCUT2D eigenvalue weighted by molar-refractivity contribution is 9.10. The van der Waals surface area contributed by atoms with Crippen molar-refractivity contribution in [2.75, 3.05) is 6.54 Å². The van der Waals surface area contributed by atoms with Crippen LogP contribution in [-0.2, 0) is 18.4 Å². The Labute approximate surface area is 116 Å². The summed E-state index contributed by atoms with van der Waals surface area (Å²) >= 11 is 3.51. The van der Waals surface area contributed by atoms with E-state index in [-0.39, 0.29) is 0 Å². The predicted octanol–water partition coefficient (Wildman–Crippen LogP) is 2.18. The first-order valence-electron chi connectivity index (χ1n) is 5.88. The Hall–Kier alpha value is -0.880. The van der Waals surface area contributed by atoms with Crippen LogP contribution in [0.1, 0.15) is 32.2 Å². The summed E-state index contributed by atoms with van der Waals surface area (Å²) in [5.74, 6) is -0.820. The fourth-order valence-electron chi connectivity index (χ4n) is 1.87. The van der Waals surface area contributed by atoms with Crippen LogP contribution in [0.25, 0.3) is 0 Å². The number of aliphatic carboxylic acids is 1. The summed E-state index contributed by atoms with van der Waals surface area (Å²) in [5, 5.41) is 13.6. The number of hydrogen-bond acceptors (Lipinski definition) is 3. The van der Waals surface area contributed by atoms with Crippen LogP contribution in [0.2, 0.25) is 0 Å². The molecule has 6 heteroatoms. The second-order valence-corrected chi connectivity index (χ2v) is 5.64. The van der Waals surface area contributed by atoms with E-state index in [0.29, 0.717) is 13.1 Å². The number of carboxylic acid groups (broad SMARTS) is 1. The molecule has 0 saturated carbocycles. The van der Waals surface area contributed by atoms with Gasteiger partial charge in [-0.15, -0.1) is 0 Å². The summed E-state index contributed by atoms with van der Waals surface area (Å²) < 4.78 is 2.74. The van der Waals surface area contributed by atoms with E-state index in [1.54, 1.807) is 18.5 Å². The van der Waals surface area contributed by atoms with Crippen LogP contribution >= 0.6 is 15.9 Å². The van der Waals surface area contributed by atoms with Gasteiger partial charge in [0.15, 0.2) is 0 Å². The number of aryl methyl sites for hydroxylation is 2. The highest BCUT2D eigenvalue weighted by Gasteiger charge is 2.34. The van der Waals surface area contributed by atoms with Gasteiger partial charge in [0.05, 0.1) is 15.9 Å². The average molecular weight is 318 g/mol. The average Bonchev–Trinajstić information content (AvgIpc) is 2.50. The molecule has 0 spiro atoms. The van der Waals surface area contributed by atoms with Crippen LogP contribution in [0.3, 0.4) is 0 Å². The molecule has 0 amide bonds. The summed E-state index contributed by atoms with van der Waals surface area (Å²) in [5.41, 5.74) is 1.01. The van der Waals surface area contributed by atoms with Crippen molar-refractivity contribution in [2.45, 2.75) is 39.8 Å². The van der Waals surface area contributed by atoms with E-state index in [1.165, 1.54) is 0 Å². The number of likely N-dealkylation sites (N-methyl/N-ethyl adjacent to an activating group) is 1. The summed E-state index contributed by atoms with van der Waals surface area (Å²) in [4.78, 5) is 13.2. The molecule has 0 saturated heterocycles. The fraction of sp³-hybridized carbons (Fsp3) is 0.667. The van der Waals surface area contributed by atoms with Crippen molar-refractivity contribution in [2.24, 2.45) is 7.05 Å². The van der Waals surface area contributed by atoms with Gasteiger partial charge >= 0.3 is 5.97 Å². The minimum absolute atomic E-state index is 0.549. The molecule has 1 heterocycles. The Morgan fingerprint density at radius 3 is 2.44 bits per heavy atom. The van der Waals surface area contributed by atoms with Gasteiger partial charge in [0.25, 0.3) is 0 Å². The summed E-state index contributed by atoms with van der Waals surface area (Å²) in [7, 11) is 1.87. The third kappa shape index (κ3) is 2.75. The van der Waals surface area contributed by atoms with Crippen molar-refractivity contribution >= 4 is 21.9 Å². The molecule has 0 aliphatic rings. The SMILES string of the molecule is CCN(Cc1c(Br)c(C)nn1C)C(C)(C)C(=O)O. The van der Waals surface area contributed by atoms with Gasteiger partial charge in [0.2, 0.25) is 0 Å². The smallest absolute Gasteiger partial charge is 0.323 e. The zero-order chi connectivity index (χ0) is 14.1. The normalized spacial score (nSPS) is 12.2. The van der Waals surface area contributed by atoms with Gasteiger partial charge in [-0.1, -0.05) is 6.92 Å². The van der Waals surface area contributed by atoms with E-state index < -0.39 is 11.5 Å². The quantitative estimate of drug-likeness (QED) is 0.904. The Balaban J connectivity index is 3.04. The van der Waals surface area contributed by atoms with Crippen molar-refractivity contribution in [1.82, 2.24) is 14.7 Å². The Morgan fingerprint density at radius 2 is 2.11 bits per heavy atom. The lowest BCUT2D eigenvalue weighted by molar-refractivity contribution is -0.149. The van der Waals surface area contributed by atoms with E-state index in [4.69, 9.17) is 0 Å². The molecule has 102 valence electrons. The molecule has 1 aromatic heterocycles. The van der Waals surface area contributed by atoms with Crippen LogP contribution in [0.15, 0.2) is 4.47 Å². The maximum absolute atomic E-state index is 11.3. The highest BCUT2D eigenvalue weighted by atomic mass is 79.9. The number of aromatic nitrogens is 2. The monoisotopic (exact) mass is 317 g/mol. The number of carboxylic acids is 1. The molecule has 0 aliphatic carbocycles. The van der Waals surface area contributed by atoms with Crippen molar-refractivity contribution in [3.8, 4) is 0 Å². The maximum atomic E-state index is 11.3. The van der Waals surface area contributed by atoms with Crippen LogP contribution in [0.4, 0.5) is 0 Å². The maximum Gasteiger partial charge on any atom is 0.323 e. The molecular weight excluding hydrogens is 298 g/mol. The predicted molar refractivity (Wildman–Crippen MR) is 73.4 cm³/mol. The second-order valence-electron chi connectivity index (χ2n) is 4.85. The molecule has 18 heavy (non-hydrogen) atoms. The van der Waals surface area contributed by atoms with Crippen molar-refractivity contribution in [3.63, 3.8) is 0 Å². The Kier molecular flexibility index (Phi) is 4.55. The molecule has 1 aromatic rings. The summed E-state index contributed by atoms with van der Waals surface area (Å²) in [6.45, 7) is 8.53. The van der Waals surface area contributed by atoms with Crippen LogP contribution < -0.4 is 0 Å². The number of halogens is 1. The van der Waals surface area contributed by atoms with E-state index >= 15 is 0 Å². The standard InChI is InChI=1S/C12H20BrN3O2/c1-6-16(12(3,4)11(17)18)7-9-10(13)8(2)14-15(9)5/h6-7H2,1-5H3,(H,17,18). The molecule has 1 N–H and O–H groups in total. The van der Waals surface area contributed by atoms with Crippen molar-refractivity contribution in [1.29, 1.82) is 0 Å². The van der Waals surface area contributed by atoms with Crippen molar-refractivity contribution < 1.29 is 9.90 Å². The topological polar surface area (TPSA) is 58.4 Å². The Bertz CT molecular complexity index is 454. The van der Waals surface area contributed by atoms with E-state index in [1.807, 2.05) is 25.8 Å². The summed E-state index contributed by atoms with van der Waals surface area (Å²) in [6.07, 6.45) is 0. The molecular formula is C12H20BrN3O2. The molecule has 0 aromatic carbocycles. The molecule has 0 bridgehead atoms. The molecule has 0 fully saturated rings. The molecule has 0 atom stereocenters. The largest absolute Gasteiger partial charge is 0.480 e. The minimum atomic E-state index is -0.896.